The number of amides is 2. The number of carbonyl (C=O) groups excluding carboxylic acids is 1. The monoisotopic (exact) mass is 235 g/mol. The molecule has 0 bridgehead atoms. The van der Waals surface area contributed by atoms with Crippen molar-refractivity contribution in [2.75, 3.05) is 13.2 Å². The van der Waals surface area contributed by atoms with E-state index < -0.39 is 0 Å². The third-order valence-electron chi connectivity index (χ3n) is 2.74. The summed E-state index contributed by atoms with van der Waals surface area (Å²) in [5, 5.41) is 5.58. The highest BCUT2D eigenvalue weighted by molar-refractivity contribution is 5.74. The highest BCUT2D eigenvalue weighted by Gasteiger charge is 2.25. The van der Waals surface area contributed by atoms with Crippen LogP contribution in [0.3, 0.4) is 0 Å². The largest absolute Gasteiger partial charge is 0.378 e. The standard InChI is InChI=1S/C12H17N3O2/c13-10-7-17-8-11(10)15-12(16)14-6-9-4-2-1-3-5-9/h1-5,10-11H,6-8,13H2,(H2,14,15,16). The van der Waals surface area contributed by atoms with Gasteiger partial charge in [-0.15, -0.1) is 0 Å². The summed E-state index contributed by atoms with van der Waals surface area (Å²) in [5.74, 6) is 0. The molecule has 5 heteroatoms. The number of ether oxygens (including phenoxy) is 1. The molecule has 1 heterocycles. The Kier molecular flexibility index (Phi) is 3.95. The first-order valence-corrected chi connectivity index (χ1v) is 5.67. The van der Waals surface area contributed by atoms with Crippen LogP contribution < -0.4 is 16.4 Å². The zero-order valence-corrected chi connectivity index (χ0v) is 9.56. The van der Waals surface area contributed by atoms with Gasteiger partial charge < -0.3 is 21.1 Å². The van der Waals surface area contributed by atoms with Gasteiger partial charge in [0.1, 0.15) is 0 Å². The van der Waals surface area contributed by atoms with E-state index in [-0.39, 0.29) is 18.1 Å². The molecule has 0 saturated carbocycles. The third-order valence-corrected chi connectivity index (χ3v) is 2.74. The number of benzene rings is 1. The minimum atomic E-state index is -0.209. The lowest BCUT2D eigenvalue weighted by atomic mass is 10.2. The Bertz CT molecular complexity index is 369. The van der Waals surface area contributed by atoms with E-state index in [0.29, 0.717) is 19.8 Å². The summed E-state index contributed by atoms with van der Waals surface area (Å²) in [7, 11) is 0. The lowest BCUT2D eigenvalue weighted by molar-refractivity contribution is 0.186. The SMILES string of the molecule is NC1COCC1NC(=O)NCc1ccccc1. The summed E-state index contributed by atoms with van der Waals surface area (Å²) < 4.78 is 5.17. The number of hydrogen-bond acceptors (Lipinski definition) is 3. The first kappa shape index (κ1) is 11.9. The number of nitrogens with two attached hydrogens (primary N) is 1. The van der Waals surface area contributed by atoms with Gasteiger partial charge in [-0.25, -0.2) is 4.79 Å². The van der Waals surface area contributed by atoms with Crippen molar-refractivity contribution in [2.24, 2.45) is 5.73 Å². The number of hydrogen-bond donors (Lipinski definition) is 3. The van der Waals surface area contributed by atoms with Gasteiger partial charge in [-0.05, 0) is 5.56 Å². The van der Waals surface area contributed by atoms with Crippen molar-refractivity contribution in [1.29, 1.82) is 0 Å². The lowest BCUT2D eigenvalue weighted by Crippen LogP contribution is -2.50. The molecule has 0 aliphatic carbocycles. The predicted octanol–water partition coefficient (Wildman–Crippen LogP) is 0.212. The molecule has 0 radical (unpaired) electrons. The molecule has 4 N–H and O–H groups in total. The normalized spacial score (nSPS) is 23.4. The van der Waals surface area contributed by atoms with Crippen molar-refractivity contribution in [3.8, 4) is 0 Å². The van der Waals surface area contributed by atoms with E-state index in [9.17, 15) is 4.79 Å². The molecule has 1 fully saturated rings. The van der Waals surface area contributed by atoms with E-state index in [0.717, 1.165) is 5.56 Å². The molecule has 1 aliphatic rings. The molecule has 1 saturated heterocycles. The number of nitrogens with one attached hydrogen (secondary N) is 2. The summed E-state index contributed by atoms with van der Waals surface area (Å²) in [5.41, 5.74) is 6.83. The van der Waals surface area contributed by atoms with Gasteiger partial charge in [0.05, 0.1) is 25.3 Å². The number of urea groups is 1. The van der Waals surface area contributed by atoms with E-state index in [1.165, 1.54) is 0 Å². The van der Waals surface area contributed by atoms with Crippen LogP contribution in [-0.2, 0) is 11.3 Å². The Labute approximate surface area is 100 Å². The Balaban J connectivity index is 1.74. The Morgan fingerprint density at radius 2 is 2.12 bits per heavy atom. The molecule has 17 heavy (non-hydrogen) atoms. The van der Waals surface area contributed by atoms with Crippen LogP contribution in [0.1, 0.15) is 5.56 Å². The van der Waals surface area contributed by atoms with Gasteiger partial charge in [-0.2, -0.15) is 0 Å². The average molecular weight is 235 g/mol. The topological polar surface area (TPSA) is 76.4 Å². The number of rotatable bonds is 3. The summed E-state index contributed by atoms with van der Waals surface area (Å²) in [6, 6.07) is 9.34. The molecular formula is C12H17N3O2. The van der Waals surface area contributed by atoms with Gasteiger partial charge in [-0.3, -0.25) is 0 Å². The third kappa shape index (κ3) is 3.44. The maximum absolute atomic E-state index is 11.6. The van der Waals surface area contributed by atoms with E-state index >= 15 is 0 Å². The lowest BCUT2D eigenvalue weighted by Gasteiger charge is -2.15. The van der Waals surface area contributed by atoms with Crippen LogP contribution in [0, 0.1) is 0 Å². The minimum absolute atomic E-state index is 0.0919. The fourth-order valence-electron chi connectivity index (χ4n) is 1.72. The molecule has 92 valence electrons. The maximum Gasteiger partial charge on any atom is 0.315 e. The zero-order chi connectivity index (χ0) is 12.1. The van der Waals surface area contributed by atoms with Crippen molar-refractivity contribution in [3.05, 3.63) is 35.9 Å². The fourth-order valence-corrected chi connectivity index (χ4v) is 1.72. The Morgan fingerprint density at radius 1 is 1.35 bits per heavy atom. The summed E-state index contributed by atoms with van der Waals surface area (Å²) in [6.07, 6.45) is 0. The molecule has 2 atom stereocenters. The highest BCUT2D eigenvalue weighted by atomic mass is 16.5. The van der Waals surface area contributed by atoms with Crippen LogP contribution in [-0.4, -0.2) is 31.3 Å². The summed E-state index contributed by atoms with van der Waals surface area (Å²) in [6.45, 7) is 1.50. The van der Waals surface area contributed by atoms with Crippen LogP contribution in [0.25, 0.3) is 0 Å². The first-order valence-electron chi connectivity index (χ1n) is 5.67. The van der Waals surface area contributed by atoms with Crippen LogP contribution in [0.15, 0.2) is 30.3 Å². The summed E-state index contributed by atoms with van der Waals surface area (Å²) >= 11 is 0. The van der Waals surface area contributed by atoms with E-state index in [4.69, 9.17) is 10.5 Å². The van der Waals surface area contributed by atoms with Gasteiger partial charge in [0.2, 0.25) is 0 Å². The van der Waals surface area contributed by atoms with Crippen molar-refractivity contribution in [3.63, 3.8) is 0 Å². The molecule has 2 amide bonds. The van der Waals surface area contributed by atoms with Crippen molar-refractivity contribution in [2.45, 2.75) is 18.6 Å². The summed E-state index contributed by atoms with van der Waals surface area (Å²) in [4.78, 5) is 11.6. The molecule has 0 spiro atoms. The quantitative estimate of drug-likeness (QED) is 0.701. The predicted molar refractivity (Wildman–Crippen MR) is 64.4 cm³/mol. The molecule has 0 aromatic heterocycles. The van der Waals surface area contributed by atoms with Crippen molar-refractivity contribution < 1.29 is 9.53 Å². The fraction of sp³-hybridized carbons (Fsp3) is 0.417. The molecule has 5 nitrogen and oxygen atoms in total. The van der Waals surface area contributed by atoms with Gasteiger partial charge in [0.25, 0.3) is 0 Å². The van der Waals surface area contributed by atoms with Crippen LogP contribution in [0.2, 0.25) is 0 Å². The van der Waals surface area contributed by atoms with Gasteiger partial charge in [0.15, 0.2) is 0 Å². The maximum atomic E-state index is 11.6. The van der Waals surface area contributed by atoms with Crippen LogP contribution >= 0.6 is 0 Å². The molecule has 2 unspecified atom stereocenters. The van der Waals surface area contributed by atoms with Gasteiger partial charge in [0, 0.05) is 6.54 Å². The second kappa shape index (κ2) is 5.65. The molecule has 1 aromatic carbocycles. The molecule has 2 rings (SSSR count). The van der Waals surface area contributed by atoms with E-state index in [1.807, 2.05) is 30.3 Å². The zero-order valence-electron chi connectivity index (χ0n) is 9.56. The average Bonchev–Trinajstić information content (AvgIpc) is 2.74. The number of carbonyl (C=O) groups is 1. The van der Waals surface area contributed by atoms with E-state index in [2.05, 4.69) is 10.6 Å². The molecular weight excluding hydrogens is 218 g/mol. The van der Waals surface area contributed by atoms with Crippen LogP contribution in [0.5, 0.6) is 0 Å². The second-order valence-electron chi connectivity index (χ2n) is 4.12. The Hall–Kier alpha value is -1.59. The highest BCUT2D eigenvalue weighted by Crippen LogP contribution is 2.02. The van der Waals surface area contributed by atoms with Gasteiger partial charge >= 0.3 is 6.03 Å². The van der Waals surface area contributed by atoms with Crippen molar-refractivity contribution >= 4 is 6.03 Å². The Morgan fingerprint density at radius 3 is 2.76 bits per heavy atom. The van der Waals surface area contributed by atoms with Crippen LogP contribution in [0.4, 0.5) is 4.79 Å². The molecule has 1 aliphatic heterocycles. The van der Waals surface area contributed by atoms with Crippen molar-refractivity contribution in [1.82, 2.24) is 10.6 Å². The second-order valence-corrected chi connectivity index (χ2v) is 4.12. The first-order chi connectivity index (χ1) is 8.25. The molecule has 1 aromatic rings. The van der Waals surface area contributed by atoms with Gasteiger partial charge in [-0.1, -0.05) is 30.3 Å². The smallest absolute Gasteiger partial charge is 0.315 e. The van der Waals surface area contributed by atoms with E-state index in [1.54, 1.807) is 0 Å². The minimum Gasteiger partial charge on any atom is -0.378 e.